The van der Waals surface area contributed by atoms with Crippen LogP contribution >= 0.6 is 15.9 Å². The molecule has 0 aliphatic rings. The number of nitrogens with zero attached hydrogens (tertiary/aromatic N) is 1. The zero-order valence-electron chi connectivity index (χ0n) is 15.7. The molecule has 0 saturated carbocycles. The first-order valence-electron chi connectivity index (χ1n) is 8.36. The molecule has 2 rings (SSSR count). The Kier molecular flexibility index (Phi) is 5.29. The zero-order valence-corrected chi connectivity index (χ0v) is 17.2. The van der Waals surface area contributed by atoms with E-state index in [0.29, 0.717) is 0 Å². The van der Waals surface area contributed by atoms with Gasteiger partial charge in [-0.15, -0.1) is 0 Å². The molecule has 0 heterocycles. The predicted molar refractivity (Wildman–Crippen MR) is 111 cm³/mol. The van der Waals surface area contributed by atoms with Crippen molar-refractivity contribution < 1.29 is 0 Å². The fraction of sp³-hybridized carbons (Fsp3) is 0.364. The molecule has 24 heavy (non-hydrogen) atoms. The van der Waals surface area contributed by atoms with Crippen LogP contribution in [0, 0.1) is 0 Å². The van der Waals surface area contributed by atoms with Crippen molar-refractivity contribution in [1.82, 2.24) is 0 Å². The largest absolute Gasteiger partial charge is 0.362 e. The number of hydrogen-bond acceptors (Lipinski definition) is 1. The second-order valence-corrected chi connectivity index (χ2v) is 9.13. The lowest BCUT2D eigenvalue weighted by Gasteiger charge is -2.47. The van der Waals surface area contributed by atoms with Gasteiger partial charge in [0.05, 0.1) is 0 Å². The molecule has 1 nitrogen and oxygen atoms in total. The number of benzene rings is 2. The molecule has 0 N–H and O–H groups in total. The molecule has 0 saturated heterocycles. The molecule has 0 radical (unpaired) electrons. The van der Waals surface area contributed by atoms with E-state index in [4.69, 9.17) is 0 Å². The monoisotopic (exact) mass is 385 g/mol. The molecule has 0 aliphatic heterocycles. The standard InChI is InChI=1S/C22H28BrN/c1-16(17-8-12-19(23)13-9-17)18-10-14-20(15-11-18)24(21(2,3)4)22(5,6)7/h8-15H,1H2,2-7H3. The first-order chi connectivity index (χ1) is 11.0. The lowest BCUT2D eigenvalue weighted by atomic mass is 9.93. The molecule has 2 aromatic rings. The third-order valence-electron chi connectivity index (χ3n) is 4.01. The van der Waals surface area contributed by atoms with Crippen molar-refractivity contribution >= 4 is 27.2 Å². The summed E-state index contributed by atoms with van der Waals surface area (Å²) in [5.74, 6) is 0. The van der Waals surface area contributed by atoms with Gasteiger partial charge in [0, 0.05) is 21.2 Å². The summed E-state index contributed by atoms with van der Waals surface area (Å²) in [4.78, 5) is 2.46. The van der Waals surface area contributed by atoms with Crippen molar-refractivity contribution in [2.75, 3.05) is 4.90 Å². The summed E-state index contributed by atoms with van der Waals surface area (Å²) in [7, 11) is 0. The molecular formula is C22H28BrN. The van der Waals surface area contributed by atoms with E-state index in [1.165, 1.54) is 5.69 Å². The number of halogens is 1. The van der Waals surface area contributed by atoms with E-state index in [-0.39, 0.29) is 11.1 Å². The highest BCUT2D eigenvalue weighted by Gasteiger charge is 2.31. The Morgan fingerprint density at radius 1 is 0.750 bits per heavy atom. The summed E-state index contributed by atoms with van der Waals surface area (Å²) in [6.45, 7) is 17.8. The van der Waals surface area contributed by atoms with Gasteiger partial charge in [0.15, 0.2) is 0 Å². The van der Waals surface area contributed by atoms with Gasteiger partial charge >= 0.3 is 0 Å². The number of hydrogen-bond donors (Lipinski definition) is 0. The summed E-state index contributed by atoms with van der Waals surface area (Å²) in [6.07, 6.45) is 0. The second kappa shape index (κ2) is 6.76. The Morgan fingerprint density at radius 2 is 1.12 bits per heavy atom. The van der Waals surface area contributed by atoms with Crippen molar-refractivity contribution in [3.63, 3.8) is 0 Å². The van der Waals surface area contributed by atoms with Crippen molar-refractivity contribution in [3.8, 4) is 0 Å². The van der Waals surface area contributed by atoms with Gasteiger partial charge < -0.3 is 4.90 Å². The minimum Gasteiger partial charge on any atom is -0.362 e. The van der Waals surface area contributed by atoms with Crippen LogP contribution in [0.15, 0.2) is 59.6 Å². The maximum absolute atomic E-state index is 4.27. The van der Waals surface area contributed by atoms with Crippen LogP contribution in [0.5, 0.6) is 0 Å². The van der Waals surface area contributed by atoms with E-state index in [1.54, 1.807) is 0 Å². The molecule has 0 aliphatic carbocycles. The molecule has 2 aromatic carbocycles. The minimum atomic E-state index is 0.0580. The SMILES string of the molecule is C=C(c1ccc(Br)cc1)c1ccc(N(C(C)(C)C)C(C)(C)C)cc1. The zero-order chi connectivity index (χ0) is 18.1. The van der Waals surface area contributed by atoms with Crippen LogP contribution in [0.1, 0.15) is 52.7 Å². The maximum Gasteiger partial charge on any atom is 0.0375 e. The van der Waals surface area contributed by atoms with Crippen LogP contribution < -0.4 is 4.90 Å². The average Bonchev–Trinajstić information content (AvgIpc) is 2.45. The van der Waals surface area contributed by atoms with Gasteiger partial charge in [-0.05, 0) is 82.5 Å². The molecular weight excluding hydrogens is 358 g/mol. The van der Waals surface area contributed by atoms with Crippen molar-refractivity contribution in [2.45, 2.75) is 52.6 Å². The third kappa shape index (κ3) is 4.30. The van der Waals surface area contributed by atoms with E-state index in [2.05, 4.69) is 117 Å². The van der Waals surface area contributed by atoms with Crippen LogP contribution in [0.2, 0.25) is 0 Å². The van der Waals surface area contributed by atoms with Crippen LogP contribution in [0.25, 0.3) is 5.57 Å². The fourth-order valence-corrected chi connectivity index (χ4v) is 3.67. The number of rotatable bonds is 3. The van der Waals surface area contributed by atoms with Crippen molar-refractivity contribution in [2.24, 2.45) is 0 Å². The molecule has 0 aromatic heterocycles. The van der Waals surface area contributed by atoms with E-state index in [9.17, 15) is 0 Å². The van der Waals surface area contributed by atoms with Gasteiger partial charge in [-0.1, -0.05) is 46.8 Å². The summed E-state index contributed by atoms with van der Waals surface area (Å²) in [5.41, 5.74) is 4.71. The maximum atomic E-state index is 4.27. The second-order valence-electron chi connectivity index (χ2n) is 8.21. The highest BCUT2D eigenvalue weighted by Crippen LogP contribution is 2.33. The quantitative estimate of drug-likeness (QED) is 0.554. The summed E-state index contributed by atoms with van der Waals surface area (Å²) < 4.78 is 1.08. The first kappa shape index (κ1) is 18.8. The molecule has 128 valence electrons. The molecule has 0 bridgehead atoms. The van der Waals surface area contributed by atoms with Crippen LogP contribution in [-0.4, -0.2) is 11.1 Å². The van der Waals surface area contributed by atoms with Gasteiger partial charge in [-0.3, -0.25) is 0 Å². The van der Waals surface area contributed by atoms with Gasteiger partial charge in [-0.25, -0.2) is 0 Å². The van der Waals surface area contributed by atoms with Gasteiger partial charge in [0.25, 0.3) is 0 Å². The van der Waals surface area contributed by atoms with Crippen LogP contribution in [0.4, 0.5) is 5.69 Å². The molecule has 2 heteroatoms. The Labute approximate surface area is 155 Å². The van der Waals surface area contributed by atoms with Gasteiger partial charge in [-0.2, -0.15) is 0 Å². The van der Waals surface area contributed by atoms with Gasteiger partial charge in [0.2, 0.25) is 0 Å². The topological polar surface area (TPSA) is 3.24 Å². The van der Waals surface area contributed by atoms with Crippen LogP contribution in [0.3, 0.4) is 0 Å². The van der Waals surface area contributed by atoms with E-state index >= 15 is 0 Å². The fourth-order valence-electron chi connectivity index (χ4n) is 3.41. The van der Waals surface area contributed by atoms with E-state index in [0.717, 1.165) is 21.2 Å². The molecule has 0 amide bonds. The molecule has 0 spiro atoms. The Bertz CT molecular complexity index is 684. The molecule has 0 unspecified atom stereocenters. The molecule has 0 atom stereocenters. The lowest BCUT2D eigenvalue weighted by Crippen LogP contribution is -2.53. The first-order valence-corrected chi connectivity index (χ1v) is 9.15. The summed E-state index contributed by atoms with van der Waals surface area (Å²) >= 11 is 3.48. The lowest BCUT2D eigenvalue weighted by molar-refractivity contribution is 0.381. The average molecular weight is 386 g/mol. The minimum absolute atomic E-state index is 0.0580. The Hall–Kier alpha value is -1.54. The number of anilines is 1. The van der Waals surface area contributed by atoms with Crippen molar-refractivity contribution in [3.05, 3.63) is 70.7 Å². The van der Waals surface area contributed by atoms with E-state index in [1.807, 2.05) is 0 Å². The van der Waals surface area contributed by atoms with Crippen molar-refractivity contribution in [1.29, 1.82) is 0 Å². The normalized spacial score (nSPS) is 12.1. The summed E-state index contributed by atoms with van der Waals surface area (Å²) in [5, 5.41) is 0. The predicted octanol–water partition coefficient (Wildman–Crippen LogP) is 6.91. The molecule has 0 fully saturated rings. The highest BCUT2D eigenvalue weighted by molar-refractivity contribution is 9.10. The van der Waals surface area contributed by atoms with E-state index < -0.39 is 0 Å². The van der Waals surface area contributed by atoms with Gasteiger partial charge in [0.1, 0.15) is 0 Å². The highest BCUT2D eigenvalue weighted by atomic mass is 79.9. The van der Waals surface area contributed by atoms with Crippen LogP contribution in [-0.2, 0) is 0 Å². The Balaban J connectivity index is 2.33. The Morgan fingerprint density at radius 3 is 1.50 bits per heavy atom. The smallest absolute Gasteiger partial charge is 0.0375 e. The third-order valence-corrected chi connectivity index (χ3v) is 4.54. The summed E-state index contributed by atoms with van der Waals surface area (Å²) in [6, 6.07) is 17.0.